The summed E-state index contributed by atoms with van der Waals surface area (Å²) in [4.78, 5) is 14.6. The maximum atomic E-state index is 12.6. The minimum absolute atomic E-state index is 0.313. The number of carbonyl (C=O) groups excluding carboxylic acids is 1. The molecule has 0 spiro atoms. The summed E-state index contributed by atoms with van der Waals surface area (Å²) in [6.45, 7) is 5.37. The standard InChI is InChI=1S/C18H26N2O/c1-14-10-13-20(17-5-3-2-4-16(14)17)18(21)7-6-15-8-11-19-12-9-15/h2-5,14-15,19H,6-13H2,1H3. The third-order valence-corrected chi connectivity index (χ3v) is 5.07. The number of para-hydroxylation sites is 1. The van der Waals surface area contributed by atoms with Crippen molar-refractivity contribution in [3.05, 3.63) is 29.8 Å². The molecule has 3 heteroatoms. The quantitative estimate of drug-likeness (QED) is 0.924. The maximum Gasteiger partial charge on any atom is 0.226 e. The third kappa shape index (κ3) is 3.29. The highest BCUT2D eigenvalue weighted by molar-refractivity contribution is 5.94. The Hall–Kier alpha value is -1.35. The van der Waals surface area contributed by atoms with Gasteiger partial charge in [0.05, 0.1) is 0 Å². The number of carbonyl (C=O) groups is 1. The SMILES string of the molecule is CC1CCN(C(=O)CCC2CCNCC2)c2ccccc21. The molecule has 0 bridgehead atoms. The van der Waals surface area contributed by atoms with E-state index < -0.39 is 0 Å². The number of nitrogens with zero attached hydrogens (tertiary/aromatic N) is 1. The van der Waals surface area contributed by atoms with Crippen LogP contribution in [0.25, 0.3) is 0 Å². The zero-order valence-electron chi connectivity index (χ0n) is 13.0. The maximum absolute atomic E-state index is 12.6. The minimum atomic E-state index is 0.313. The highest BCUT2D eigenvalue weighted by Crippen LogP contribution is 2.35. The van der Waals surface area contributed by atoms with Gasteiger partial charge in [-0.15, -0.1) is 0 Å². The van der Waals surface area contributed by atoms with E-state index in [2.05, 4.69) is 30.4 Å². The molecule has 1 atom stereocenters. The third-order valence-electron chi connectivity index (χ3n) is 5.07. The monoisotopic (exact) mass is 286 g/mol. The van der Waals surface area contributed by atoms with Crippen molar-refractivity contribution in [1.82, 2.24) is 5.32 Å². The Bertz CT molecular complexity index is 494. The van der Waals surface area contributed by atoms with Crippen molar-refractivity contribution in [3.63, 3.8) is 0 Å². The molecule has 0 saturated carbocycles. The number of fused-ring (bicyclic) bond motifs is 1. The van der Waals surface area contributed by atoms with Crippen molar-refractivity contribution < 1.29 is 4.79 Å². The average molecular weight is 286 g/mol. The van der Waals surface area contributed by atoms with E-state index in [0.717, 1.165) is 44.1 Å². The number of piperidine rings is 1. The molecule has 2 heterocycles. The highest BCUT2D eigenvalue weighted by Gasteiger charge is 2.26. The van der Waals surface area contributed by atoms with Crippen LogP contribution in [0.1, 0.15) is 50.5 Å². The minimum Gasteiger partial charge on any atom is -0.317 e. The number of hydrogen-bond acceptors (Lipinski definition) is 2. The predicted molar refractivity (Wildman–Crippen MR) is 86.7 cm³/mol. The molecule has 1 aromatic rings. The van der Waals surface area contributed by atoms with E-state index in [9.17, 15) is 4.79 Å². The summed E-state index contributed by atoms with van der Waals surface area (Å²) in [5.41, 5.74) is 2.48. The number of anilines is 1. The Morgan fingerprint density at radius 1 is 1.24 bits per heavy atom. The second kappa shape index (κ2) is 6.61. The first kappa shape index (κ1) is 14.6. The van der Waals surface area contributed by atoms with Gasteiger partial charge in [0.2, 0.25) is 5.91 Å². The second-order valence-corrected chi connectivity index (χ2v) is 6.53. The van der Waals surface area contributed by atoms with Crippen LogP contribution >= 0.6 is 0 Å². The highest BCUT2D eigenvalue weighted by atomic mass is 16.2. The average Bonchev–Trinajstić information content (AvgIpc) is 2.54. The molecule has 0 aromatic heterocycles. The van der Waals surface area contributed by atoms with E-state index in [1.165, 1.54) is 18.4 Å². The fraction of sp³-hybridized carbons (Fsp3) is 0.611. The lowest BCUT2D eigenvalue weighted by atomic mass is 9.90. The van der Waals surface area contributed by atoms with Crippen LogP contribution in [0.3, 0.4) is 0 Å². The molecule has 1 aromatic carbocycles. The number of rotatable bonds is 3. The molecule has 1 fully saturated rings. The van der Waals surface area contributed by atoms with Gasteiger partial charge in [-0.3, -0.25) is 4.79 Å². The molecule has 1 amide bonds. The van der Waals surface area contributed by atoms with Gasteiger partial charge < -0.3 is 10.2 Å². The lowest BCUT2D eigenvalue weighted by Gasteiger charge is -2.33. The summed E-state index contributed by atoms with van der Waals surface area (Å²) >= 11 is 0. The van der Waals surface area contributed by atoms with Gasteiger partial charge in [-0.25, -0.2) is 0 Å². The molecule has 2 aliphatic heterocycles. The Kier molecular flexibility index (Phi) is 4.59. The first-order valence-corrected chi connectivity index (χ1v) is 8.35. The summed E-state index contributed by atoms with van der Waals surface area (Å²) < 4.78 is 0. The van der Waals surface area contributed by atoms with E-state index in [1.54, 1.807) is 0 Å². The van der Waals surface area contributed by atoms with Gasteiger partial charge in [0.25, 0.3) is 0 Å². The van der Waals surface area contributed by atoms with Crippen LogP contribution in [0.5, 0.6) is 0 Å². The van der Waals surface area contributed by atoms with E-state index >= 15 is 0 Å². The molecular weight excluding hydrogens is 260 g/mol. The summed E-state index contributed by atoms with van der Waals surface area (Å²) in [5, 5.41) is 3.39. The number of nitrogens with one attached hydrogen (secondary N) is 1. The molecule has 114 valence electrons. The number of hydrogen-bond donors (Lipinski definition) is 1. The molecule has 21 heavy (non-hydrogen) atoms. The summed E-state index contributed by atoms with van der Waals surface area (Å²) in [7, 11) is 0. The van der Waals surface area contributed by atoms with E-state index in [-0.39, 0.29) is 0 Å². The van der Waals surface area contributed by atoms with Crippen molar-refractivity contribution in [3.8, 4) is 0 Å². The zero-order valence-corrected chi connectivity index (χ0v) is 13.0. The van der Waals surface area contributed by atoms with Crippen LogP contribution in [-0.4, -0.2) is 25.5 Å². The Morgan fingerprint density at radius 2 is 2.00 bits per heavy atom. The fourth-order valence-corrected chi connectivity index (χ4v) is 3.64. The number of benzene rings is 1. The number of amides is 1. The van der Waals surface area contributed by atoms with Crippen LogP contribution < -0.4 is 10.2 Å². The van der Waals surface area contributed by atoms with Gasteiger partial charge >= 0.3 is 0 Å². The van der Waals surface area contributed by atoms with Crippen molar-refractivity contribution in [2.75, 3.05) is 24.5 Å². The van der Waals surface area contributed by atoms with Crippen LogP contribution in [0.4, 0.5) is 5.69 Å². The Labute approximate surface area is 127 Å². The van der Waals surface area contributed by atoms with Gasteiger partial charge in [-0.1, -0.05) is 25.1 Å². The van der Waals surface area contributed by atoms with E-state index in [1.807, 2.05) is 11.0 Å². The van der Waals surface area contributed by atoms with Gasteiger partial charge in [0, 0.05) is 18.7 Å². The molecular formula is C18H26N2O. The van der Waals surface area contributed by atoms with E-state index in [0.29, 0.717) is 18.2 Å². The Balaban J connectivity index is 1.63. The van der Waals surface area contributed by atoms with Crippen molar-refractivity contribution >= 4 is 11.6 Å². The predicted octanol–water partition coefficient (Wildman–Crippen LogP) is 3.31. The molecule has 2 aliphatic rings. The normalized spacial score (nSPS) is 22.9. The fourth-order valence-electron chi connectivity index (χ4n) is 3.64. The molecule has 3 rings (SSSR count). The van der Waals surface area contributed by atoms with Gasteiger partial charge in [-0.2, -0.15) is 0 Å². The second-order valence-electron chi connectivity index (χ2n) is 6.53. The van der Waals surface area contributed by atoms with Gasteiger partial charge in [0.1, 0.15) is 0 Å². The van der Waals surface area contributed by atoms with Crippen LogP contribution in [0, 0.1) is 5.92 Å². The molecule has 0 aliphatic carbocycles. The largest absolute Gasteiger partial charge is 0.317 e. The van der Waals surface area contributed by atoms with Crippen molar-refractivity contribution in [2.45, 2.75) is 44.9 Å². The smallest absolute Gasteiger partial charge is 0.226 e. The van der Waals surface area contributed by atoms with Crippen molar-refractivity contribution in [1.29, 1.82) is 0 Å². The van der Waals surface area contributed by atoms with Crippen molar-refractivity contribution in [2.24, 2.45) is 5.92 Å². The van der Waals surface area contributed by atoms with Crippen LogP contribution in [-0.2, 0) is 4.79 Å². The molecule has 1 saturated heterocycles. The van der Waals surface area contributed by atoms with Gasteiger partial charge in [0.15, 0.2) is 0 Å². The topological polar surface area (TPSA) is 32.3 Å². The summed E-state index contributed by atoms with van der Waals surface area (Å²) in [5.74, 6) is 1.61. The van der Waals surface area contributed by atoms with E-state index in [4.69, 9.17) is 0 Å². The Morgan fingerprint density at radius 3 is 2.81 bits per heavy atom. The zero-order chi connectivity index (χ0) is 14.7. The van der Waals surface area contributed by atoms with Crippen LogP contribution in [0.2, 0.25) is 0 Å². The molecule has 3 nitrogen and oxygen atoms in total. The summed E-state index contributed by atoms with van der Waals surface area (Å²) in [6.07, 6.45) is 5.28. The van der Waals surface area contributed by atoms with Crippen LogP contribution in [0.15, 0.2) is 24.3 Å². The first-order valence-electron chi connectivity index (χ1n) is 8.35. The summed E-state index contributed by atoms with van der Waals surface area (Å²) in [6, 6.07) is 8.40. The van der Waals surface area contributed by atoms with Gasteiger partial charge in [-0.05, 0) is 62.2 Å². The molecule has 0 radical (unpaired) electrons. The first-order chi connectivity index (χ1) is 10.3. The lowest BCUT2D eigenvalue weighted by Crippen LogP contribution is -2.36. The molecule has 1 N–H and O–H groups in total. The molecule has 1 unspecified atom stereocenters. The lowest BCUT2D eigenvalue weighted by molar-refractivity contribution is -0.119.